The van der Waals surface area contributed by atoms with Crippen molar-refractivity contribution in [3.63, 3.8) is 0 Å². The Morgan fingerprint density at radius 2 is 1.45 bits per heavy atom. The first-order valence-electron chi connectivity index (χ1n) is 13.4. The molecule has 2 aliphatic carbocycles. The maximum absolute atomic E-state index is 13.9. The third kappa shape index (κ3) is 4.45. The summed E-state index contributed by atoms with van der Waals surface area (Å²) in [7, 11) is 0. The zero-order valence-electron chi connectivity index (χ0n) is 19.5. The van der Waals surface area contributed by atoms with Gasteiger partial charge in [-0.2, -0.15) is 0 Å². The number of nitrogens with one attached hydrogen (secondary N) is 1. The summed E-state index contributed by atoms with van der Waals surface area (Å²) in [5.74, 6) is 1.94. The highest BCUT2D eigenvalue weighted by molar-refractivity contribution is 6.08. The Morgan fingerprint density at radius 1 is 0.839 bits per heavy atom. The molecule has 4 aliphatic rings. The van der Waals surface area contributed by atoms with Crippen molar-refractivity contribution in [2.24, 2.45) is 11.8 Å². The van der Waals surface area contributed by atoms with E-state index < -0.39 is 0 Å². The van der Waals surface area contributed by atoms with Crippen LogP contribution in [0.15, 0.2) is 18.2 Å². The second-order valence-electron chi connectivity index (χ2n) is 11.0. The van der Waals surface area contributed by atoms with Crippen molar-refractivity contribution in [2.45, 2.75) is 102 Å². The molecule has 5 rings (SSSR count). The minimum Gasteiger partial charge on any atom is -0.317 e. The number of carbonyl (C=O) groups is 1. The minimum absolute atomic E-state index is 0.258. The molecule has 0 atom stereocenters. The molecule has 0 radical (unpaired) electrons. The third-order valence-electron chi connectivity index (χ3n) is 8.89. The average molecular weight is 423 g/mol. The Kier molecular flexibility index (Phi) is 6.69. The quantitative estimate of drug-likeness (QED) is 0.632. The van der Waals surface area contributed by atoms with Crippen LogP contribution in [0, 0.1) is 11.8 Å². The van der Waals surface area contributed by atoms with Crippen molar-refractivity contribution in [2.75, 3.05) is 24.5 Å². The molecule has 170 valence electrons. The van der Waals surface area contributed by atoms with Crippen LogP contribution in [-0.2, 0) is 16.6 Å². The fourth-order valence-corrected chi connectivity index (χ4v) is 7.04. The molecule has 0 unspecified atom stereocenters. The van der Waals surface area contributed by atoms with E-state index in [9.17, 15) is 4.79 Å². The standard InChI is InChI=1S/C28H42N2O/c31-27-28(15-17-29-18-16-28)25-20-24(19-22-9-5-2-1-3-6-10-22)13-14-26(25)30(27)21-23-11-7-4-8-12-23/h13-14,20,22-23,29H,1-12,15-19,21H2. The molecule has 3 heteroatoms. The highest BCUT2D eigenvalue weighted by Crippen LogP contribution is 2.48. The molecule has 1 N–H and O–H groups in total. The van der Waals surface area contributed by atoms with E-state index in [1.807, 2.05) is 0 Å². The minimum atomic E-state index is -0.258. The number of rotatable bonds is 4. The predicted molar refractivity (Wildman–Crippen MR) is 129 cm³/mol. The Bertz CT molecular complexity index is 752. The summed E-state index contributed by atoms with van der Waals surface area (Å²) in [5, 5.41) is 3.51. The summed E-state index contributed by atoms with van der Waals surface area (Å²) < 4.78 is 0. The van der Waals surface area contributed by atoms with Crippen LogP contribution in [0.4, 0.5) is 5.69 Å². The monoisotopic (exact) mass is 422 g/mol. The number of anilines is 1. The van der Waals surface area contributed by atoms with Crippen molar-refractivity contribution in [3.8, 4) is 0 Å². The summed E-state index contributed by atoms with van der Waals surface area (Å²) in [6.07, 6.45) is 19.6. The molecule has 1 aromatic rings. The fraction of sp³-hybridized carbons (Fsp3) is 0.750. The molecular weight excluding hydrogens is 380 g/mol. The Labute approximate surface area is 189 Å². The largest absolute Gasteiger partial charge is 0.317 e. The second-order valence-corrected chi connectivity index (χ2v) is 11.0. The molecule has 0 aromatic heterocycles. The van der Waals surface area contributed by atoms with E-state index in [0.717, 1.165) is 38.4 Å². The Hall–Kier alpha value is -1.35. The van der Waals surface area contributed by atoms with Gasteiger partial charge in [-0.15, -0.1) is 0 Å². The molecule has 3 nitrogen and oxygen atoms in total. The van der Waals surface area contributed by atoms with Gasteiger partial charge < -0.3 is 10.2 Å². The van der Waals surface area contributed by atoms with Gasteiger partial charge in [-0.05, 0) is 74.2 Å². The Balaban J connectivity index is 1.41. The van der Waals surface area contributed by atoms with Crippen molar-refractivity contribution in [1.82, 2.24) is 5.32 Å². The van der Waals surface area contributed by atoms with E-state index in [0.29, 0.717) is 11.8 Å². The van der Waals surface area contributed by atoms with Gasteiger partial charge in [-0.3, -0.25) is 4.79 Å². The van der Waals surface area contributed by atoms with Gasteiger partial charge in [0.2, 0.25) is 5.91 Å². The molecule has 2 aliphatic heterocycles. The molecule has 0 bridgehead atoms. The van der Waals surface area contributed by atoms with Crippen molar-refractivity contribution in [1.29, 1.82) is 0 Å². The SMILES string of the molecule is O=C1N(CC2CCCCC2)c2ccc(CC3CCCCCCC3)cc2C12CCNCC2. The molecule has 2 saturated carbocycles. The molecule has 3 fully saturated rings. The number of hydrogen-bond donors (Lipinski definition) is 1. The van der Waals surface area contributed by atoms with E-state index in [1.165, 1.54) is 100 Å². The van der Waals surface area contributed by atoms with Gasteiger partial charge in [0.1, 0.15) is 0 Å². The number of amides is 1. The van der Waals surface area contributed by atoms with Crippen LogP contribution in [-0.4, -0.2) is 25.5 Å². The van der Waals surface area contributed by atoms with E-state index >= 15 is 0 Å². The van der Waals surface area contributed by atoms with Gasteiger partial charge >= 0.3 is 0 Å². The summed E-state index contributed by atoms with van der Waals surface area (Å²) in [5.41, 5.74) is 3.85. The zero-order chi connectivity index (χ0) is 21.1. The number of fused-ring (bicyclic) bond motifs is 2. The lowest BCUT2D eigenvalue weighted by Gasteiger charge is -2.34. The first kappa shape index (κ1) is 21.5. The van der Waals surface area contributed by atoms with E-state index in [2.05, 4.69) is 28.4 Å². The topological polar surface area (TPSA) is 32.3 Å². The van der Waals surface area contributed by atoms with Gasteiger partial charge in [0, 0.05) is 12.2 Å². The van der Waals surface area contributed by atoms with Crippen LogP contribution in [0.2, 0.25) is 0 Å². The summed E-state index contributed by atoms with van der Waals surface area (Å²) in [6, 6.07) is 7.15. The lowest BCUT2D eigenvalue weighted by molar-refractivity contribution is -0.124. The van der Waals surface area contributed by atoms with Crippen molar-refractivity contribution in [3.05, 3.63) is 29.3 Å². The number of benzene rings is 1. The van der Waals surface area contributed by atoms with Gasteiger partial charge in [0.05, 0.1) is 5.41 Å². The average Bonchev–Trinajstić information content (AvgIpc) is 2.99. The fourth-order valence-electron chi connectivity index (χ4n) is 7.04. The van der Waals surface area contributed by atoms with E-state index in [4.69, 9.17) is 0 Å². The van der Waals surface area contributed by atoms with Crippen molar-refractivity contribution < 1.29 is 4.79 Å². The highest BCUT2D eigenvalue weighted by atomic mass is 16.2. The summed E-state index contributed by atoms with van der Waals surface area (Å²) >= 11 is 0. The summed E-state index contributed by atoms with van der Waals surface area (Å²) in [4.78, 5) is 16.1. The van der Waals surface area contributed by atoms with Gasteiger partial charge in [-0.25, -0.2) is 0 Å². The van der Waals surface area contributed by atoms with Gasteiger partial charge in [0.15, 0.2) is 0 Å². The maximum atomic E-state index is 13.9. The van der Waals surface area contributed by atoms with Crippen LogP contribution in [0.1, 0.15) is 101 Å². The first-order chi connectivity index (χ1) is 15.3. The highest BCUT2D eigenvalue weighted by Gasteiger charge is 2.51. The van der Waals surface area contributed by atoms with E-state index in [-0.39, 0.29) is 5.41 Å². The van der Waals surface area contributed by atoms with Gasteiger partial charge in [-0.1, -0.05) is 76.3 Å². The second kappa shape index (κ2) is 9.65. The van der Waals surface area contributed by atoms with Crippen LogP contribution >= 0.6 is 0 Å². The molecule has 31 heavy (non-hydrogen) atoms. The molecule has 1 aromatic carbocycles. The number of hydrogen-bond acceptors (Lipinski definition) is 2. The van der Waals surface area contributed by atoms with Crippen molar-refractivity contribution >= 4 is 11.6 Å². The lowest BCUT2D eigenvalue weighted by atomic mass is 9.73. The normalized spacial score (nSPS) is 25.4. The summed E-state index contributed by atoms with van der Waals surface area (Å²) in [6.45, 7) is 2.88. The van der Waals surface area contributed by atoms with Crippen LogP contribution in [0.5, 0.6) is 0 Å². The number of carbonyl (C=O) groups excluding carboxylic acids is 1. The first-order valence-corrected chi connectivity index (χ1v) is 13.4. The third-order valence-corrected chi connectivity index (χ3v) is 8.89. The van der Waals surface area contributed by atoms with E-state index in [1.54, 1.807) is 0 Å². The Morgan fingerprint density at radius 3 is 2.16 bits per heavy atom. The van der Waals surface area contributed by atoms with Crippen LogP contribution < -0.4 is 10.2 Å². The van der Waals surface area contributed by atoms with Crippen LogP contribution in [0.3, 0.4) is 0 Å². The predicted octanol–water partition coefficient (Wildman–Crippen LogP) is 6.14. The number of piperidine rings is 1. The molecular formula is C28H42N2O. The van der Waals surface area contributed by atoms with Gasteiger partial charge in [0.25, 0.3) is 0 Å². The molecule has 1 saturated heterocycles. The molecule has 1 amide bonds. The maximum Gasteiger partial charge on any atom is 0.237 e. The molecule has 1 spiro atoms. The molecule has 2 heterocycles. The smallest absolute Gasteiger partial charge is 0.237 e. The van der Waals surface area contributed by atoms with Crippen LogP contribution in [0.25, 0.3) is 0 Å². The zero-order valence-corrected chi connectivity index (χ0v) is 19.5. The number of nitrogens with zero attached hydrogens (tertiary/aromatic N) is 1. The lowest BCUT2D eigenvalue weighted by Crippen LogP contribution is -2.48.